The summed E-state index contributed by atoms with van der Waals surface area (Å²) in [6.45, 7) is 3.18. The van der Waals surface area contributed by atoms with Gasteiger partial charge in [0.25, 0.3) is 0 Å². The molecule has 0 aromatic heterocycles. The maximum absolute atomic E-state index is 11.9. The number of hydrogen-bond acceptors (Lipinski definition) is 3. The molecule has 1 aromatic carbocycles. The average molecular weight is 355 g/mol. The second-order valence-electron chi connectivity index (χ2n) is 5.14. The molecule has 0 saturated carbocycles. The summed E-state index contributed by atoms with van der Waals surface area (Å²) in [5.74, 6) is -0.353. The van der Waals surface area contributed by atoms with Gasteiger partial charge in [0.15, 0.2) is 0 Å². The van der Waals surface area contributed by atoms with Crippen LogP contribution in [0.5, 0.6) is 0 Å². The molecule has 21 heavy (non-hydrogen) atoms. The average Bonchev–Trinajstić information content (AvgIpc) is 2.48. The van der Waals surface area contributed by atoms with E-state index in [2.05, 4.69) is 26.6 Å². The number of anilines is 1. The summed E-state index contributed by atoms with van der Waals surface area (Å²) in [5.41, 5.74) is 1.80. The zero-order chi connectivity index (χ0) is 15.2. The van der Waals surface area contributed by atoms with Crippen LogP contribution < -0.4 is 10.6 Å². The number of hydrogen-bond donors (Lipinski definition) is 2. The van der Waals surface area contributed by atoms with E-state index in [0.717, 1.165) is 22.9 Å². The maximum Gasteiger partial charge on any atom is 0.243 e. The van der Waals surface area contributed by atoms with Crippen LogP contribution in [0.2, 0.25) is 0 Å². The van der Waals surface area contributed by atoms with Crippen molar-refractivity contribution < 1.29 is 14.3 Å². The van der Waals surface area contributed by atoms with Crippen LogP contribution in [0.15, 0.2) is 22.7 Å². The van der Waals surface area contributed by atoms with E-state index in [1.807, 2.05) is 25.1 Å². The van der Waals surface area contributed by atoms with Gasteiger partial charge in [-0.1, -0.05) is 6.07 Å². The van der Waals surface area contributed by atoms with E-state index in [1.54, 1.807) is 0 Å². The molecule has 1 aliphatic heterocycles. The Labute approximate surface area is 132 Å². The lowest BCUT2D eigenvalue weighted by Crippen LogP contribution is -2.38. The van der Waals surface area contributed by atoms with Crippen LogP contribution in [-0.4, -0.2) is 31.6 Å². The fourth-order valence-electron chi connectivity index (χ4n) is 2.19. The van der Waals surface area contributed by atoms with Crippen LogP contribution in [0.4, 0.5) is 5.69 Å². The van der Waals surface area contributed by atoms with Crippen LogP contribution in [0.3, 0.4) is 0 Å². The Morgan fingerprint density at radius 2 is 2.05 bits per heavy atom. The molecular formula is C15H19BrN2O3. The van der Waals surface area contributed by atoms with E-state index in [1.165, 1.54) is 0 Å². The zero-order valence-corrected chi connectivity index (χ0v) is 13.5. The SMILES string of the molecule is Cc1ccc(NC(=O)CNC(=O)C2CCOCC2)c(Br)c1. The standard InChI is InChI=1S/C15H19BrN2O3/c1-10-2-3-13(12(16)8-10)18-14(19)9-17-15(20)11-4-6-21-7-5-11/h2-3,8,11H,4-7,9H2,1H3,(H,17,20)(H,18,19). The molecule has 1 aromatic rings. The number of carbonyl (C=O) groups is 2. The van der Waals surface area contributed by atoms with Crippen LogP contribution in [-0.2, 0) is 14.3 Å². The molecule has 1 fully saturated rings. The second kappa shape index (κ2) is 7.56. The molecule has 6 heteroatoms. The maximum atomic E-state index is 11.9. The van der Waals surface area contributed by atoms with Gasteiger partial charge in [-0.15, -0.1) is 0 Å². The van der Waals surface area contributed by atoms with Crippen molar-refractivity contribution in [2.24, 2.45) is 5.92 Å². The molecule has 5 nitrogen and oxygen atoms in total. The molecule has 0 unspecified atom stereocenters. The van der Waals surface area contributed by atoms with E-state index in [0.29, 0.717) is 18.9 Å². The molecule has 0 radical (unpaired) electrons. The molecule has 0 aliphatic carbocycles. The van der Waals surface area contributed by atoms with Gasteiger partial charge in [0, 0.05) is 23.6 Å². The third kappa shape index (κ3) is 4.82. The van der Waals surface area contributed by atoms with Crippen molar-refractivity contribution in [3.8, 4) is 0 Å². The number of ether oxygens (including phenoxy) is 1. The quantitative estimate of drug-likeness (QED) is 0.871. The van der Waals surface area contributed by atoms with Gasteiger partial charge < -0.3 is 15.4 Å². The number of carbonyl (C=O) groups excluding carboxylic acids is 2. The zero-order valence-electron chi connectivity index (χ0n) is 11.9. The third-order valence-electron chi connectivity index (χ3n) is 3.41. The predicted molar refractivity (Wildman–Crippen MR) is 84.1 cm³/mol. The summed E-state index contributed by atoms with van der Waals surface area (Å²) in [6.07, 6.45) is 1.44. The monoisotopic (exact) mass is 354 g/mol. The molecule has 2 rings (SSSR count). The van der Waals surface area contributed by atoms with Gasteiger partial charge in [-0.3, -0.25) is 9.59 Å². The summed E-state index contributed by atoms with van der Waals surface area (Å²) in [6, 6.07) is 5.68. The first-order valence-electron chi connectivity index (χ1n) is 6.97. The highest BCUT2D eigenvalue weighted by molar-refractivity contribution is 9.10. The Kier molecular flexibility index (Phi) is 5.76. The highest BCUT2D eigenvalue weighted by atomic mass is 79.9. The molecule has 2 amide bonds. The Bertz CT molecular complexity index is 528. The van der Waals surface area contributed by atoms with Gasteiger partial charge in [-0.2, -0.15) is 0 Å². The van der Waals surface area contributed by atoms with E-state index in [-0.39, 0.29) is 24.3 Å². The van der Waals surface area contributed by atoms with E-state index in [4.69, 9.17) is 4.74 Å². The Morgan fingerprint density at radius 1 is 1.33 bits per heavy atom. The molecule has 114 valence electrons. The minimum absolute atomic E-state index is 0.0174. The second-order valence-corrected chi connectivity index (χ2v) is 5.99. The Hall–Kier alpha value is -1.40. The molecule has 2 N–H and O–H groups in total. The van der Waals surface area contributed by atoms with Crippen LogP contribution in [0.1, 0.15) is 18.4 Å². The largest absolute Gasteiger partial charge is 0.381 e. The van der Waals surface area contributed by atoms with Gasteiger partial charge in [0.05, 0.1) is 12.2 Å². The normalized spacial score (nSPS) is 15.5. The van der Waals surface area contributed by atoms with Gasteiger partial charge in [0.2, 0.25) is 11.8 Å². The number of benzene rings is 1. The number of nitrogens with one attached hydrogen (secondary N) is 2. The molecule has 1 heterocycles. The fraction of sp³-hybridized carbons (Fsp3) is 0.467. The van der Waals surface area contributed by atoms with Crippen molar-refractivity contribution in [1.82, 2.24) is 5.32 Å². The number of amides is 2. The van der Waals surface area contributed by atoms with Gasteiger partial charge in [-0.25, -0.2) is 0 Å². The minimum Gasteiger partial charge on any atom is -0.381 e. The summed E-state index contributed by atoms with van der Waals surface area (Å²) in [4.78, 5) is 23.8. The Morgan fingerprint density at radius 3 is 2.71 bits per heavy atom. The van der Waals surface area contributed by atoms with E-state index >= 15 is 0 Å². The first-order chi connectivity index (χ1) is 10.1. The number of aryl methyl sites for hydroxylation is 1. The van der Waals surface area contributed by atoms with E-state index in [9.17, 15) is 9.59 Å². The molecule has 1 aliphatic rings. The summed E-state index contributed by atoms with van der Waals surface area (Å²) in [7, 11) is 0. The topological polar surface area (TPSA) is 67.4 Å². The highest BCUT2D eigenvalue weighted by Gasteiger charge is 2.21. The predicted octanol–water partition coefficient (Wildman–Crippen LogP) is 2.24. The fourth-order valence-corrected chi connectivity index (χ4v) is 2.78. The summed E-state index contributed by atoms with van der Waals surface area (Å²) >= 11 is 3.40. The van der Waals surface area contributed by atoms with Crippen LogP contribution in [0.25, 0.3) is 0 Å². The van der Waals surface area contributed by atoms with Crippen molar-refractivity contribution in [3.05, 3.63) is 28.2 Å². The third-order valence-corrected chi connectivity index (χ3v) is 4.07. The lowest BCUT2D eigenvalue weighted by molar-refractivity contribution is -0.129. The van der Waals surface area contributed by atoms with E-state index < -0.39 is 0 Å². The van der Waals surface area contributed by atoms with Crippen molar-refractivity contribution in [2.75, 3.05) is 25.1 Å². The van der Waals surface area contributed by atoms with Crippen LogP contribution in [0, 0.1) is 12.8 Å². The number of halogens is 1. The van der Waals surface area contributed by atoms with Gasteiger partial charge in [-0.05, 0) is 53.4 Å². The van der Waals surface area contributed by atoms with Crippen molar-refractivity contribution in [3.63, 3.8) is 0 Å². The minimum atomic E-state index is -0.236. The van der Waals surface area contributed by atoms with Gasteiger partial charge >= 0.3 is 0 Å². The molecule has 0 bridgehead atoms. The lowest BCUT2D eigenvalue weighted by Gasteiger charge is -2.21. The first kappa shape index (κ1) is 16.0. The van der Waals surface area contributed by atoms with Crippen molar-refractivity contribution in [1.29, 1.82) is 0 Å². The molecule has 0 spiro atoms. The van der Waals surface area contributed by atoms with Gasteiger partial charge in [0.1, 0.15) is 0 Å². The van der Waals surface area contributed by atoms with Crippen LogP contribution >= 0.6 is 15.9 Å². The Balaban J connectivity index is 1.80. The molecular weight excluding hydrogens is 336 g/mol. The van der Waals surface area contributed by atoms with Crippen molar-refractivity contribution >= 4 is 33.4 Å². The summed E-state index contributed by atoms with van der Waals surface area (Å²) < 4.78 is 6.04. The first-order valence-corrected chi connectivity index (χ1v) is 7.77. The molecule has 1 saturated heterocycles. The molecule has 0 atom stereocenters. The number of rotatable bonds is 4. The highest BCUT2D eigenvalue weighted by Crippen LogP contribution is 2.23. The summed E-state index contributed by atoms with van der Waals surface area (Å²) in [5, 5.41) is 5.45. The smallest absolute Gasteiger partial charge is 0.243 e. The lowest BCUT2D eigenvalue weighted by atomic mass is 9.99. The van der Waals surface area contributed by atoms with Crippen molar-refractivity contribution in [2.45, 2.75) is 19.8 Å².